The molecule has 0 saturated carbocycles. The van der Waals surface area contributed by atoms with Gasteiger partial charge in [0.1, 0.15) is 0 Å². The fraction of sp³-hybridized carbons (Fsp3) is 0.294. The second-order valence-electron chi connectivity index (χ2n) is 4.48. The van der Waals surface area contributed by atoms with E-state index >= 15 is 0 Å². The Morgan fingerprint density at radius 2 is 1.71 bits per heavy atom. The first-order valence-corrected chi connectivity index (χ1v) is 6.22. The first kappa shape index (κ1) is 13.5. The van der Waals surface area contributed by atoms with Gasteiger partial charge in [-0.3, -0.25) is 0 Å². The van der Waals surface area contributed by atoms with Crippen molar-refractivity contribution in [2.24, 2.45) is 5.92 Å². The first-order valence-electron chi connectivity index (χ1n) is 6.22. The summed E-state index contributed by atoms with van der Waals surface area (Å²) < 4.78 is 0. The third-order valence-corrected chi connectivity index (χ3v) is 2.62. The van der Waals surface area contributed by atoms with Gasteiger partial charge in [0.25, 0.3) is 0 Å². The molecular weight excluding hydrogens is 204 g/mol. The number of allylic oxidation sites excluding steroid dienone is 6. The van der Waals surface area contributed by atoms with Crippen LogP contribution in [0.4, 0.5) is 0 Å². The number of aryl methyl sites for hydroxylation is 1. The molecule has 17 heavy (non-hydrogen) atoms. The summed E-state index contributed by atoms with van der Waals surface area (Å²) in [5, 5.41) is 0. The van der Waals surface area contributed by atoms with Gasteiger partial charge in [-0.2, -0.15) is 0 Å². The van der Waals surface area contributed by atoms with Crippen molar-refractivity contribution >= 4 is 0 Å². The van der Waals surface area contributed by atoms with E-state index in [9.17, 15) is 0 Å². The maximum Gasteiger partial charge on any atom is -0.00786 e. The third kappa shape index (κ3) is 6.57. The van der Waals surface area contributed by atoms with Crippen molar-refractivity contribution in [3.05, 3.63) is 71.8 Å². The van der Waals surface area contributed by atoms with Gasteiger partial charge >= 0.3 is 0 Å². The summed E-state index contributed by atoms with van der Waals surface area (Å²) in [6.45, 7) is 6.42. The van der Waals surface area contributed by atoms with E-state index < -0.39 is 0 Å². The average Bonchev–Trinajstić information content (AvgIpc) is 2.32. The molecular formula is C17H22. The van der Waals surface area contributed by atoms with Gasteiger partial charge in [-0.15, -0.1) is 0 Å². The molecule has 0 N–H and O–H groups in total. The number of hydrogen-bond acceptors (Lipinski definition) is 0. The summed E-state index contributed by atoms with van der Waals surface area (Å²) in [6.07, 6.45) is 12.2. The van der Waals surface area contributed by atoms with Crippen molar-refractivity contribution in [3.8, 4) is 0 Å². The molecule has 1 unspecified atom stereocenters. The van der Waals surface area contributed by atoms with Crippen LogP contribution in [0.3, 0.4) is 0 Å². The second kappa shape index (κ2) is 7.67. The monoisotopic (exact) mass is 226 g/mol. The average molecular weight is 226 g/mol. The molecule has 0 aliphatic heterocycles. The Balaban J connectivity index is 0.000000181. The van der Waals surface area contributed by atoms with Gasteiger partial charge in [-0.05, 0) is 26.2 Å². The Morgan fingerprint density at radius 3 is 2.29 bits per heavy atom. The highest BCUT2D eigenvalue weighted by molar-refractivity contribution is 5.21. The molecule has 0 heteroatoms. The Morgan fingerprint density at radius 1 is 1.00 bits per heavy atom. The summed E-state index contributed by atoms with van der Waals surface area (Å²) in [6, 6.07) is 10.3. The first-order chi connectivity index (χ1) is 8.18. The number of rotatable bonds is 0. The van der Waals surface area contributed by atoms with Crippen LogP contribution in [0.1, 0.15) is 25.8 Å². The molecule has 1 aliphatic rings. The third-order valence-electron chi connectivity index (χ3n) is 2.62. The van der Waals surface area contributed by atoms with Crippen LogP contribution in [0.5, 0.6) is 0 Å². The maximum absolute atomic E-state index is 2.24. The van der Waals surface area contributed by atoms with E-state index in [-0.39, 0.29) is 0 Å². The van der Waals surface area contributed by atoms with Crippen LogP contribution < -0.4 is 0 Å². The van der Waals surface area contributed by atoms with Crippen LogP contribution >= 0.6 is 0 Å². The molecule has 0 saturated heterocycles. The van der Waals surface area contributed by atoms with Crippen molar-refractivity contribution < 1.29 is 0 Å². The number of hydrogen-bond donors (Lipinski definition) is 0. The lowest BCUT2D eigenvalue weighted by atomic mass is 10.1. The van der Waals surface area contributed by atoms with Crippen molar-refractivity contribution in [3.63, 3.8) is 0 Å². The van der Waals surface area contributed by atoms with E-state index in [0.717, 1.165) is 6.42 Å². The smallest absolute Gasteiger partial charge is 0.00786 e. The van der Waals surface area contributed by atoms with Crippen LogP contribution in [-0.2, 0) is 0 Å². The molecule has 1 aromatic rings. The fourth-order valence-corrected chi connectivity index (χ4v) is 1.52. The van der Waals surface area contributed by atoms with Crippen LogP contribution in [0.2, 0.25) is 0 Å². The molecule has 0 heterocycles. The van der Waals surface area contributed by atoms with Crippen molar-refractivity contribution in [2.45, 2.75) is 27.2 Å². The summed E-state index contributed by atoms with van der Waals surface area (Å²) in [7, 11) is 0. The molecule has 90 valence electrons. The van der Waals surface area contributed by atoms with Gasteiger partial charge < -0.3 is 0 Å². The standard InChI is InChI=1S/C10H14.C7H8/c1-9-5-3-4-6-10(2)8-7-9;1-7-5-3-2-4-6-7/h3,5-9H,4H2,1-2H3;2-6H,1H3/b5-3?,8-7-,10-6-;. The van der Waals surface area contributed by atoms with Gasteiger partial charge in [0.15, 0.2) is 0 Å². The van der Waals surface area contributed by atoms with Crippen LogP contribution in [0.15, 0.2) is 66.3 Å². The predicted molar refractivity (Wildman–Crippen MR) is 77.0 cm³/mol. The van der Waals surface area contributed by atoms with E-state index in [1.165, 1.54) is 11.1 Å². The Bertz CT molecular complexity index is 393. The predicted octanol–water partition coefficient (Wildman–Crippen LogP) is 5.08. The highest BCUT2D eigenvalue weighted by atomic mass is 14.0. The van der Waals surface area contributed by atoms with Crippen LogP contribution in [0.25, 0.3) is 0 Å². The quantitative estimate of drug-likeness (QED) is 0.541. The van der Waals surface area contributed by atoms with Gasteiger partial charge in [-0.25, -0.2) is 0 Å². The summed E-state index contributed by atoms with van der Waals surface area (Å²) in [4.78, 5) is 0. The van der Waals surface area contributed by atoms with Crippen LogP contribution in [0, 0.1) is 12.8 Å². The zero-order chi connectivity index (χ0) is 12.5. The fourth-order valence-electron chi connectivity index (χ4n) is 1.52. The minimum Gasteiger partial charge on any atom is -0.0841 e. The number of benzene rings is 1. The van der Waals surface area contributed by atoms with E-state index in [1.54, 1.807) is 0 Å². The molecule has 0 spiro atoms. The second-order valence-corrected chi connectivity index (χ2v) is 4.48. The topological polar surface area (TPSA) is 0 Å². The molecule has 0 bridgehead atoms. The minimum atomic E-state index is 0.601. The molecule has 2 rings (SSSR count). The maximum atomic E-state index is 2.24. The van der Waals surface area contributed by atoms with Gasteiger partial charge in [0.2, 0.25) is 0 Å². The van der Waals surface area contributed by atoms with Crippen molar-refractivity contribution in [1.82, 2.24) is 0 Å². The lowest BCUT2D eigenvalue weighted by Gasteiger charge is -2.00. The van der Waals surface area contributed by atoms with Crippen molar-refractivity contribution in [1.29, 1.82) is 0 Å². The Hall–Kier alpha value is -1.56. The summed E-state index contributed by atoms with van der Waals surface area (Å²) in [5.41, 5.74) is 2.69. The van der Waals surface area contributed by atoms with Gasteiger partial charge in [0, 0.05) is 0 Å². The highest BCUT2D eigenvalue weighted by Gasteiger charge is 1.91. The highest BCUT2D eigenvalue weighted by Crippen LogP contribution is 2.08. The Labute approximate surface area is 105 Å². The lowest BCUT2D eigenvalue weighted by Crippen LogP contribution is -1.84. The minimum absolute atomic E-state index is 0.601. The molecule has 0 aromatic heterocycles. The van der Waals surface area contributed by atoms with E-state index in [1.807, 2.05) is 18.2 Å². The zero-order valence-electron chi connectivity index (χ0n) is 11.1. The summed E-state index contributed by atoms with van der Waals surface area (Å²) in [5.74, 6) is 0.601. The van der Waals surface area contributed by atoms with Crippen molar-refractivity contribution in [2.75, 3.05) is 0 Å². The lowest BCUT2D eigenvalue weighted by molar-refractivity contribution is 0.928. The molecule has 0 fully saturated rings. The van der Waals surface area contributed by atoms with E-state index in [4.69, 9.17) is 0 Å². The molecule has 1 atom stereocenters. The van der Waals surface area contributed by atoms with Gasteiger partial charge in [0.05, 0.1) is 0 Å². The molecule has 1 aliphatic carbocycles. The summed E-state index contributed by atoms with van der Waals surface area (Å²) >= 11 is 0. The van der Waals surface area contributed by atoms with E-state index in [2.05, 4.69) is 63.3 Å². The Kier molecular flexibility index (Phi) is 6.09. The molecule has 1 aromatic carbocycles. The molecule has 0 amide bonds. The van der Waals surface area contributed by atoms with E-state index in [0.29, 0.717) is 5.92 Å². The normalized spacial score (nSPS) is 23.5. The molecule has 0 nitrogen and oxygen atoms in total. The zero-order valence-corrected chi connectivity index (χ0v) is 11.1. The molecule has 0 radical (unpaired) electrons. The van der Waals surface area contributed by atoms with Gasteiger partial charge in [-0.1, -0.05) is 78.8 Å². The SMILES string of the molecule is CC1=C/CC=CC(C)/C=C\1.Cc1ccccc1. The largest absolute Gasteiger partial charge is 0.0841 e. The van der Waals surface area contributed by atoms with Crippen LogP contribution in [-0.4, -0.2) is 0 Å².